The predicted octanol–water partition coefficient (Wildman–Crippen LogP) is 5.21. The molecule has 0 saturated heterocycles. The van der Waals surface area contributed by atoms with E-state index in [9.17, 15) is 14.9 Å². The van der Waals surface area contributed by atoms with E-state index in [-0.39, 0.29) is 17.9 Å². The number of benzene rings is 2. The smallest absolute Gasteiger partial charge is 0.338 e. The first-order valence-electron chi connectivity index (χ1n) is 9.14. The van der Waals surface area contributed by atoms with Gasteiger partial charge in [-0.25, -0.2) is 9.78 Å². The number of ether oxygens (including phenoxy) is 1. The molecule has 0 amide bonds. The summed E-state index contributed by atoms with van der Waals surface area (Å²) in [7, 11) is 0. The lowest BCUT2D eigenvalue weighted by molar-refractivity contribution is -0.386. The molecule has 1 heterocycles. The minimum atomic E-state index is -0.655. The van der Waals surface area contributed by atoms with Gasteiger partial charge in [-0.05, 0) is 30.5 Å². The molecule has 3 rings (SSSR count). The van der Waals surface area contributed by atoms with Gasteiger partial charge in [0.25, 0.3) is 5.69 Å². The molecule has 0 radical (unpaired) electrons. The van der Waals surface area contributed by atoms with E-state index in [2.05, 4.69) is 4.98 Å². The van der Waals surface area contributed by atoms with Gasteiger partial charge in [0.15, 0.2) is 0 Å². The molecular formula is C22H22N2O5. The van der Waals surface area contributed by atoms with Crippen LogP contribution in [0.15, 0.2) is 52.9 Å². The molecule has 0 saturated carbocycles. The second-order valence-corrected chi connectivity index (χ2v) is 7.70. The van der Waals surface area contributed by atoms with Crippen LogP contribution in [0.5, 0.6) is 0 Å². The van der Waals surface area contributed by atoms with Gasteiger partial charge in [0, 0.05) is 17.2 Å². The van der Waals surface area contributed by atoms with Crippen molar-refractivity contribution in [2.75, 3.05) is 0 Å². The Hall–Kier alpha value is -3.48. The molecule has 0 spiro atoms. The first kappa shape index (κ1) is 20.3. The number of carbonyl (C=O) groups excluding carboxylic acids is 1. The number of carbonyl (C=O) groups is 1. The molecule has 0 fully saturated rings. The number of rotatable bonds is 5. The molecule has 0 atom stereocenters. The van der Waals surface area contributed by atoms with E-state index >= 15 is 0 Å². The standard InChI is InChI=1S/C22H22N2O5/c1-14-18(23-20(29-14)15-8-6-5-7-9-15)13-28-21(25)16-10-11-17(22(2,3)4)19(12-16)24(26)27/h5-12H,13H2,1-4H3. The number of nitro groups is 1. The Bertz CT molecular complexity index is 1050. The Balaban J connectivity index is 1.77. The lowest BCUT2D eigenvalue weighted by Gasteiger charge is -2.19. The van der Waals surface area contributed by atoms with Crippen LogP contribution in [0.1, 0.15) is 48.1 Å². The Morgan fingerprint density at radius 1 is 1.17 bits per heavy atom. The summed E-state index contributed by atoms with van der Waals surface area (Å²) in [6.45, 7) is 7.29. The number of aromatic nitrogens is 1. The molecule has 3 aromatic rings. The number of nitrogens with zero attached hydrogens (tertiary/aromatic N) is 2. The predicted molar refractivity (Wildman–Crippen MR) is 108 cm³/mol. The summed E-state index contributed by atoms with van der Waals surface area (Å²) in [6, 6.07) is 13.8. The van der Waals surface area contributed by atoms with E-state index in [1.807, 2.05) is 51.1 Å². The average Bonchev–Trinajstić information content (AvgIpc) is 3.06. The Labute approximate surface area is 168 Å². The van der Waals surface area contributed by atoms with Crippen molar-refractivity contribution < 1.29 is 18.9 Å². The molecule has 0 bridgehead atoms. The summed E-state index contributed by atoms with van der Waals surface area (Å²) in [4.78, 5) is 27.8. The SMILES string of the molecule is Cc1oc(-c2ccccc2)nc1COC(=O)c1ccc(C(C)(C)C)c([N+](=O)[O-])c1. The lowest BCUT2D eigenvalue weighted by atomic mass is 9.85. The molecule has 0 N–H and O–H groups in total. The number of hydrogen-bond acceptors (Lipinski definition) is 6. The van der Waals surface area contributed by atoms with E-state index < -0.39 is 16.3 Å². The van der Waals surface area contributed by atoms with Crippen LogP contribution in [0, 0.1) is 17.0 Å². The van der Waals surface area contributed by atoms with E-state index in [0.29, 0.717) is 22.9 Å². The maximum atomic E-state index is 12.4. The fourth-order valence-electron chi connectivity index (χ4n) is 2.93. The van der Waals surface area contributed by atoms with Gasteiger partial charge in [-0.1, -0.05) is 45.0 Å². The van der Waals surface area contributed by atoms with Crippen LogP contribution in [0.3, 0.4) is 0 Å². The van der Waals surface area contributed by atoms with Gasteiger partial charge in [0.1, 0.15) is 18.1 Å². The quantitative estimate of drug-likeness (QED) is 0.335. The van der Waals surface area contributed by atoms with Gasteiger partial charge in [-0.2, -0.15) is 0 Å². The second kappa shape index (κ2) is 7.87. The zero-order valence-corrected chi connectivity index (χ0v) is 16.8. The number of hydrogen-bond donors (Lipinski definition) is 0. The van der Waals surface area contributed by atoms with Crippen molar-refractivity contribution in [3.63, 3.8) is 0 Å². The fourth-order valence-corrected chi connectivity index (χ4v) is 2.93. The van der Waals surface area contributed by atoms with Crippen molar-refractivity contribution in [2.24, 2.45) is 0 Å². The summed E-state index contributed by atoms with van der Waals surface area (Å²) < 4.78 is 11.0. The molecule has 2 aromatic carbocycles. The topological polar surface area (TPSA) is 95.5 Å². The van der Waals surface area contributed by atoms with Gasteiger partial charge in [0.2, 0.25) is 5.89 Å². The third-order valence-electron chi connectivity index (χ3n) is 4.49. The van der Waals surface area contributed by atoms with Crippen molar-refractivity contribution >= 4 is 11.7 Å². The van der Waals surface area contributed by atoms with Crippen molar-refractivity contribution in [3.05, 3.63) is 81.2 Å². The summed E-state index contributed by atoms with van der Waals surface area (Å²) in [5, 5.41) is 11.4. The minimum absolute atomic E-state index is 0.0875. The van der Waals surface area contributed by atoms with Gasteiger partial charge in [-0.3, -0.25) is 10.1 Å². The van der Waals surface area contributed by atoms with E-state index in [1.54, 1.807) is 19.1 Å². The monoisotopic (exact) mass is 394 g/mol. The lowest BCUT2D eigenvalue weighted by Crippen LogP contribution is -2.15. The normalized spacial score (nSPS) is 11.3. The van der Waals surface area contributed by atoms with Crippen LogP contribution in [-0.2, 0) is 16.8 Å². The van der Waals surface area contributed by atoms with E-state index in [0.717, 1.165) is 5.56 Å². The third-order valence-corrected chi connectivity index (χ3v) is 4.49. The molecule has 0 aliphatic heterocycles. The van der Waals surface area contributed by atoms with Gasteiger partial charge >= 0.3 is 5.97 Å². The molecular weight excluding hydrogens is 372 g/mol. The van der Waals surface area contributed by atoms with Crippen LogP contribution in [0.25, 0.3) is 11.5 Å². The van der Waals surface area contributed by atoms with Crippen LogP contribution >= 0.6 is 0 Å². The maximum absolute atomic E-state index is 12.4. The van der Waals surface area contributed by atoms with Crippen LogP contribution in [0.2, 0.25) is 0 Å². The van der Waals surface area contributed by atoms with E-state index in [4.69, 9.17) is 9.15 Å². The highest BCUT2D eigenvalue weighted by Gasteiger charge is 2.26. The maximum Gasteiger partial charge on any atom is 0.338 e. The van der Waals surface area contributed by atoms with Gasteiger partial charge in [-0.15, -0.1) is 0 Å². The highest BCUT2D eigenvalue weighted by molar-refractivity contribution is 5.90. The highest BCUT2D eigenvalue weighted by atomic mass is 16.6. The average molecular weight is 394 g/mol. The summed E-state index contributed by atoms with van der Waals surface area (Å²) >= 11 is 0. The Morgan fingerprint density at radius 3 is 2.48 bits per heavy atom. The number of esters is 1. The zero-order valence-electron chi connectivity index (χ0n) is 16.8. The van der Waals surface area contributed by atoms with Crippen molar-refractivity contribution in [2.45, 2.75) is 39.7 Å². The summed E-state index contributed by atoms with van der Waals surface area (Å²) in [5.74, 6) is 0.335. The molecule has 1 aromatic heterocycles. The van der Waals surface area contributed by atoms with Crippen LogP contribution in [0.4, 0.5) is 5.69 Å². The molecule has 0 aliphatic carbocycles. The molecule has 7 nitrogen and oxygen atoms in total. The Kier molecular flexibility index (Phi) is 5.50. The molecule has 0 aliphatic rings. The van der Waals surface area contributed by atoms with Crippen molar-refractivity contribution in [1.82, 2.24) is 4.98 Å². The zero-order chi connectivity index (χ0) is 21.2. The number of nitro benzene ring substituents is 1. The molecule has 29 heavy (non-hydrogen) atoms. The van der Waals surface area contributed by atoms with Crippen molar-refractivity contribution in [1.29, 1.82) is 0 Å². The minimum Gasteiger partial charge on any atom is -0.455 e. The summed E-state index contributed by atoms with van der Waals surface area (Å²) in [5.41, 5.74) is 1.47. The number of aryl methyl sites for hydroxylation is 1. The molecule has 7 heteroatoms. The van der Waals surface area contributed by atoms with E-state index in [1.165, 1.54) is 6.07 Å². The van der Waals surface area contributed by atoms with Gasteiger partial charge in [0.05, 0.1) is 10.5 Å². The first-order chi connectivity index (χ1) is 13.7. The van der Waals surface area contributed by atoms with Crippen molar-refractivity contribution in [3.8, 4) is 11.5 Å². The van der Waals surface area contributed by atoms with Crippen LogP contribution < -0.4 is 0 Å². The molecule has 150 valence electrons. The van der Waals surface area contributed by atoms with Gasteiger partial charge < -0.3 is 9.15 Å². The molecule has 0 unspecified atom stereocenters. The highest BCUT2D eigenvalue weighted by Crippen LogP contribution is 2.32. The second-order valence-electron chi connectivity index (χ2n) is 7.70. The fraction of sp³-hybridized carbons (Fsp3) is 0.273. The largest absolute Gasteiger partial charge is 0.455 e. The Morgan fingerprint density at radius 2 is 1.86 bits per heavy atom. The van der Waals surface area contributed by atoms with Crippen LogP contribution in [-0.4, -0.2) is 15.9 Å². The number of oxazole rings is 1. The first-order valence-corrected chi connectivity index (χ1v) is 9.14. The third kappa shape index (κ3) is 4.51. The summed E-state index contributed by atoms with van der Waals surface area (Å²) in [6.07, 6.45) is 0.